The van der Waals surface area contributed by atoms with Gasteiger partial charge in [-0.2, -0.15) is 0 Å². The second kappa shape index (κ2) is 12.1. The number of benzene rings is 2. The summed E-state index contributed by atoms with van der Waals surface area (Å²) in [5.41, 5.74) is 5.04. The molecular weight excluding hydrogens is 475 g/mol. The van der Waals surface area contributed by atoms with E-state index in [1.54, 1.807) is 12.1 Å². The molecule has 2 aromatic rings. The van der Waals surface area contributed by atoms with Crippen LogP contribution in [0, 0.1) is 19.7 Å². The van der Waals surface area contributed by atoms with Gasteiger partial charge in [-0.05, 0) is 72.4 Å². The minimum Gasteiger partial charge on any atom is -0.469 e. The molecule has 0 heterocycles. The van der Waals surface area contributed by atoms with Crippen LogP contribution in [0.1, 0.15) is 55.9 Å². The maximum absolute atomic E-state index is 14.7. The summed E-state index contributed by atoms with van der Waals surface area (Å²) < 4.78 is 25.5. The van der Waals surface area contributed by atoms with E-state index < -0.39 is 20.4 Å². The summed E-state index contributed by atoms with van der Waals surface area (Å²) in [6, 6.07) is 9.04. The highest BCUT2D eigenvalue weighted by molar-refractivity contribution is 6.74. The maximum atomic E-state index is 14.7. The average Bonchev–Trinajstić information content (AvgIpc) is 2.76. The lowest BCUT2D eigenvalue weighted by Gasteiger charge is -2.36. The number of hydrogen-bond acceptors (Lipinski definition) is 5. The highest BCUT2D eigenvalue weighted by Crippen LogP contribution is 2.37. The van der Waals surface area contributed by atoms with Crippen LogP contribution in [-0.2, 0) is 25.4 Å². The number of methoxy groups -OCH3 is 1. The number of aryl methyl sites for hydroxylation is 2. The van der Waals surface area contributed by atoms with Gasteiger partial charge in [0.05, 0.1) is 26.2 Å². The minimum absolute atomic E-state index is 0.0175. The highest BCUT2D eigenvalue weighted by atomic mass is 28.4. The van der Waals surface area contributed by atoms with E-state index >= 15 is 0 Å². The summed E-state index contributed by atoms with van der Waals surface area (Å²) in [6.45, 7) is 14.9. The summed E-state index contributed by atoms with van der Waals surface area (Å²) in [5.74, 6) is -1.19. The number of aliphatic hydroxyl groups is 1. The summed E-state index contributed by atoms with van der Waals surface area (Å²) >= 11 is 0. The van der Waals surface area contributed by atoms with Gasteiger partial charge in [0.25, 0.3) is 0 Å². The smallest absolute Gasteiger partial charge is 0.308 e. The Kier molecular flexibility index (Phi) is 9.94. The summed E-state index contributed by atoms with van der Waals surface area (Å²) in [6.07, 6.45) is 1.60. The van der Waals surface area contributed by atoms with Crippen molar-refractivity contribution in [2.75, 3.05) is 7.11 Å². The van der Waals surface area contributed by atoms with E-state index in [9.17, 15) is 19.1 Å². The molecule has 0 aromatic heterocycles. The van der Waals surface area contributed by atoms with Gasteiger partial charge < -0.3 is 14.3 Å². The molecule has 2 rings (SSSR count). The van der Waals surface area contributed by atoms with E-state index in [0.29, 0.717) is 5.56 Å². The molecule has 196 valence electrons. The average molecular weight is 515 g/mol. The largest absolute Gasteiger partial charge is 0.469 e. The fraction of sp³-hybridized carbons (Fsp3) is 0.448. The zero-order valence-corrected chi connectivity index (χ0v) is 23.7. The van der Waals surface area contributed by atoms with E-state index in [4.69, 9.17) is 4.43 Å². The van der Waals surface area contributed by atoms with Gasteiger partial charge >= 0.3 is 5.97 Å². The van der Waals surface area contributed by atoms with Gasteiger partial charge in [0.1, 0.15) is 5.82 Å². The first-order chi connectivity index (χ1) is 16.6. The number of ether oxygens (including phenoxy) is 1. The van der Waals surface area contributed by atoms with Crippen LogP contribution < -0.4 is 0 Å². The maximum Gasteiger partial charge on any atom is 0.308 e. The first-order valence-corrected chi connectivity index (χ1v) is 15.0. The molecule has 2 aromatic carbocycles. The molecule has 1 atom stereocenters. The topological polar surface area (TPSA) is 72.8 Å². The van der Waals surface area contributed by atoms with Crippen LogP contribution in [0.25, 0.3) is 17.2 Å². The Hall–Kier alpha value is -2.61. The molecule has 0 bridgehead atoms. The van der Waals surface area contributed by atoms with Gasteiger partial charge in [0.2, 0.25) is 0 Å². The van der Waals surface area contributed by atoms with Gasteiger partial charge in [-0.3, -0.25) is 9.59 Å². The molecular formula is C29H39FO5Si. The van der Waals surface area contributed by atoms with Crippen molar-refractivity contribution in [1.82, 2.24) is 0 Å². The number of allylic oxidation sites excluding steroid dienone is 1. The third-order valence-electron chi connectivity index (χ3n) is 6.79. The van der Waals surface area contributed by atoms with Crippen molar-refractivity contribution in [3.05, 3.63) is 64.5 Å². The Morgan fingerprint density at radius 2 is 1.78 bits per heavy atom. The number of halogens is 1. The van der Waals surface area contributed by atoms with Gasteiger partial charge in [-0.1, -0.05) is 50.6 Å². The molecule has 0 spiro atoms. The third kappa shape index (κ3) is 7.95. The van der Waals surface area contributed by atoms with Gasteiger partial charge in [0, 0.05) is 12.0 Å². The summed E-state index contributed by atoms with van der Waals surface area (Å²) in [5, 5.41) is 9.97. The Morgan fingerprint density at radius 3 is 2.39 bits per heavy atom. The number of aliphatic hydroxyl groups excluding tert-OH is 1. The molecule has 0 amide bonds. The van der Waals surface area contributed by atoms with Crippen molar-refractivity contribution in [2.24, 2.45) is 0 Å². The molecule has 0 aliphatic carbocycles. The summed E-state index contributed by atoms with van der Waals surface area (Å²) in [4.78, 5) is 23.7. The lowest BCUT2D eigenvalue weighted by Crippen LogP contribution is -2.40. The number of ketones is 1. The Labute approximate surface area is 215 Å². The van der Waals surface area contributed by atoms with Crippen molar-refractivity contribution in [2.45, 2.75) is 78.3 Å². The molecule has 1 N–H and O–H groups in total. The Bertz CT molecular complexity index is 1130. The zero-order valence-electron chi connectivity index (χ0n) is 22.7. The van der Waals surface area contributed by atoms with Gasteiger partial charge in [-0.25, -0.2) is 4.39 Å². The van der Waals surface area contributed by atoms with Crippen LogP contribution in [0.2, 0.25) is 18.1 Å². The molecule has 36 heavy (non-hydrogen) atoms. The van der Waals surface area contributed by atoms with Gasteiger partial charge in [-0.15, -0.1) is 0 Å². The van der Waals surface area contributed by atoms with Crippen LogP contribution in [0.4, 0.5) is 4.39 Å². The summed E-state index contributed by atoms with van der Waals surface area (Å²) in [7, 11) is -0.818. The molecule has 0 saturated carbocycles. The number of hydrogen-bond donors (Lipinski definition) is 1. The molecule has 1 unspecified atom stereocenters. The van der Waals surface area contributed by atoms with Crippen LogP contribution in [-0.4, -0.2) is 38.4 Å². The number of carbonyl (C=O) groups is 2. The predicted molar refractivity (Wildman–Crippen MR) is 145 cm³/mol. The minimum atomic E-state index is -2.05. The van der Waals surface area contributed by atoms with E-state index in [-0.39, 0.29) is 36.1 Å². The lowest BCUT2D eigenvalue weighted by molar-refractivity contribution is -0.143. The normalized spacial score (nSPS) is 13.2. The quantitative estimate of drug-likeness (QED) is 0.222. The first kappa shape index (κ1) is 29.6. The highest BCUT2D eigenvalue weighted by Gasteiger charge is 2.37. The van der Waals surface area contributed by atoms with Crippen LogP contribution in [0.5, 0.6) is 0 Å². The molecule has 0 aliphatic heterocycles. The number of carbonyl (C=O) groups excluding carboxylic acids is 2. The SMILES string of the molecule is COC(=O)CC(O)CC(=O)/C=C/c1c(C)cc(C)cc1-c1ccc(F)c(CO[Si](C)(C)C(C)(C)C)c1. The van der Waals surface area contributed by atoms with E-state index in [1.807, 2.05) is 32.0 Å². The number of esters is 1. The Morgan fingerprint density at radius 1 is 1.11 bits per heavy atom. The van der Waals surface area contributed by atoms with E-state index in [2.05, 4.69) is 38.6 Å². The Balaban J connectivity index is 2.35. The van der Waals surface area contributed by atoms with Crippen molar-refractivity contribution in [1.29, 1.82) is 0 Å². The fourth-order valence-electron chi connectivity index (χ4n) is 3.59. The molecule has 7 heteroatoms. The molecule has 0 aliphatic rings. The molecule has 0 fully saturated rings. The number of rotatable bonds is 10. The van der Waals surface area contributed by atoms with Crippen molar-refractivity contribution < 1.29 is 28.2 Å². The standard InChI is InChI=1S/C29H39FO5Si/c1-19-13-20(2)25(11-10-23(31)16-24(32)17-28(33)34-6)26(14-19)21-9-12-27(30)22(15-21)18-35-36(7,8)29(3,4)5/h9-15,24,32H,16-18H2,1-8H3/b11-10+. The van der Waals surface area contributed by atoms with Crippen molar-refractivity contribution in [3.63, 3.8) is 0 Å². The van der Waals surface area contributed by atoms with Crippen LogP contribution in [0.3, 0.4) is 0 Å². The third-order valence-corrected chi connectivity index (χ3v) is 11.3. The monoisotopic (exact) mass is 514 g/mol. The predicted octanol–water partition coefficient (Wildman–Crippen LogP) is 6.53. The van der Waals surface area contributed by atoms with Crippen molar-refractivity contribution in [3.8, 4) is 11.1 Å². The second-order valence-corrected chi connectivity index (χ2v) is 15.6. The second-order valence-electron chi connectivity index (χ2n) is 10.8. The first-order valence-electron chi connectivity index (χ1n) is 12.1. The fourth-order valence-corrected chi connectivity index (χ4v) is 4.54. The zero-order chi connectivity index (χ0) is 27.3. The molecule has 0 saturated heterocycles. The molecule has 5 nitrogen and oxygen atoms in total. The van der Waals surface area contributed by atoms with Crippen LogP contribution in [0.15, 0.2) is 36.4 Å². The van der Waals surface area contributed by atoms with Crippen molar-refractivity contribution >= 4 is 26.1 Å². The molecule has 0 radical (unpaired) electrons. The van der Waals surface area contributed by atoms with E-state index in [1.165, 1.54) is 19.3 Å². The van der Waals surface area contributed by atoms with Crippen LogP contribution >= 0.6 is 0 Å². The van der Waals surface area contributed by atoms with Gasteiger partial charge in [0.15, 0.2) is 14.1 Å². The van der Waals surface area contributed by atoms with E-state index in [0.717, 1.165) is 27.8 Å². The lowest BCUT2D eigenvalue weighted by atomic mass is 9.92.